The van der Waals surface area contributed by atoms with E-state index >= 15 is 0 Å². The number of hydrogen-bond donors (Lipinski definition) is 2. The predicted octanol–water partition coefficient (Wildman–Crippen LogP) is 1.72. The summed E-state index contributed by atoms with van der Waals surface area (Å²) in [5, 5.41) is 0. The Labute approximate surface area is 123 Å². The van der Waals surface area contributed by atoms with E-state index in [-0.39, 0.29) is 17.0 Å². The first-order valence-corrected chi connectivity index (χ1v) is 7.84. The molecule has 0 saturated heterocycles. The van der Waals surface area contributed by atoms with Crippen LogP contribution in [0.4, 0.5) is 4.39 Å². The lowest BCUT2D eigenvalue weighted by Gasteiger charge is -2.14. The van der Waals surface area contributed by atoms with Crippen LogP contribution in [-0.4, -0.2) is 13.4 Å². The zero-order valence-corrected chi connectivity index (χ0v) is 12.3. The SMILES string of the molecule is CC(NS(=O)(=O)c1ccc(F)c(CN)c1)c1ccccn1. The second kappa shape index (κ2) is 6.30. The summed E-state index contributed by atoms with van der Waals surface area (Å²) in [4.78, 5) is 4.08. The third-order valence-corrected chi connectivity index (χ3v) is 4.55. The summed E-state index contributed by atoms with van der Waals surface area (Å²) in [5.41, 5.74) is 6.15. The van der Waals surface area contributed by atoms with Crippen molar-refractivity contribution < 1.29 is 12.8 Å². The van der Waals surface area contributed by atoms with Gasteiger partial charge in [-0.1, -0.05) is 6.07 Å². The lowest BCUT2D eigenvalue weighted by molar-refractivity contribution is 0.562. The molecule has 1 unspecified atom stereocenters. The molecule has 0 radical (unpaired) electrons. The van der Waals surface area contributed by atoms with Gasteiger partial charge in [-0.3, -0.25) is 4.98 Å². The van der Waals surface area contributed by atoms with Crippen LogP contribution in [0.3, 0.4) is 0 Å². The Balaban J connectivity index is 2.26. The van der Waals surface area contributed by atoms with Crippen LogP contribution in [0.1, 0.15) is 24.2 Å². The number of nitrogens with two attached hydrogens (primary N) is 1. The van der Waals surface area contributed by atoms with Crippen LogP contribution in [-0.2, 0) is 16.6 Å². The maximum Gasteiger partial charge on any atom is 0.241 e. The predicted molar refractivity (Wildman–Crippen MR) is 77.3 cm³/mol. The smallest absolute Gasteiger partial charge is 0.241 e. The summed E-state index contributed by atoms with van der Waals surface area (Å²) >= 11 is 0. The molecule has 21 heavy (non-hydrogen) atoms. The summed E-state index contributed by atoms with van der Waals surface area (Å²) in [6, 6.07) is 8.30. The fraction of sp³-hybridized carbons (Fsp3) is 0.214. The van der Waals surface area contributed by atoms with Crippen molar-refractivity contribution in [1.29, 1.82) is 0 Å². The number of sulfonamides is 1. The molecule has 0 amide bonds. The van der Waals surface area contributed by atoms with Crippen LogP contribution < -0.4 is 10.5 Å². The highest BCUT2D eigenvalue weighted by molar-refractivity contribution is 7.89. The van der Waals surface area contributed by atoms with Crippen molar-refractivity contribution in [3.8, 4) is 0 Å². The molecule has 112 valence electrons. The van der Waals surface area contributed by atoms with Crippen molar-refractivity contribution in [2.45, 2.75) is 24.4 Å². The van der Waals surface area contributed by atoms with Gasteiger partial charge in [-0.25, -0.2) is 17.5 Å². The van der Waals surface area contributed by atoms with Crippen LogP contribution in [0.25, 0.3) is 0 Å². The van der Waals surface area contributed by atoms with E-state index in [1.165, 1.54) is 12.1 Å². The summed E-state index contributed by atoms with van der Waals surface area (Å²) < 4.78 is 40.5. The normalized spacial score (nSPS) is 13.1. The summed E-state index contributed by atoms with van der Waals surface area (Å²) in [7, 11) is -3.77. The molecular formula is C14H16FN3O2S. The molecule has 0 spiro atoms. The molecule has 7 heteroatoms. The Morgan fingerprint density at radius 1 is 1.33 bits per heavy atom. The Morgan fingerprint density at radius 2 is 2.10 bits per heavy atom. The maximum absolute atomic E-state index is 13.4. The molecule has 0 fully saturated rings. The van der Waals surface area contributed by atoms with Crippen LogP contribution in [0.2, 0.25) is 0 Å². The molecule has 0 aliphatic heterocycles. The van der Waals surface area contributed by atoms with E-state index in [0.29, 0.717) is 5.69 Å². The first-order chi connectivity index (χ1) is 9.94. The van der Waals surface area contributed by atoms with E-state index in [9.17, 15) is 12.8 Å². The third-order valence-electron chi connectivity index (χ3n) is 3.01. The number of pyridine rings is 1. The van der Waals surface area contributed by atoms with E-state index in [1.54, 1.807) is 31.3 Å². The first kappa shape index (κ1) is 15.6. The molecule has 1 atom stereocenters. The van der Waals surface area contributed by atoms with Crippen molar-refractivity contribution in [1.82, 2.24) is 9.71 Å². The third kappa shape index (κ3) is 3.63. The molecule has 5 nitrogen and oxygen atoms in total. The zero-order valence-electron chi connectivity index (χ0n) is 11.5. The van der Waals surface area contributed by atoms with Crippen molar-refractivity contribution in [2.24, 2.45) is 5.73 Å². The van der Waals surface area contributed by atoms with E-state index in [2.05, 4.69) is 9.71 Å². The van der Waals surface area contributed by atoms with E-state index in [0.717, 1.165) is 6.07 Å². The van der Waals surface area contributed by atoms with Gasteiger partial charge in [-0.2, -0.15) is 0 Å². The number of aromatic nitrogens is 1. The summed E-state index contributed by atoms with van der Waals surface area (Å²) in [5.74, 6) is -0.519. The number of benzene rings is 1. The molecule has 1 aromatic heterocycles. The molecule has 1 aromatic carbocycles. The Hall–Kier alpha value is -1.83. The Bertz CT molecular complexity index is 720. The van der Waals surface area contributed by atoms with E-state index in [4.69, 9.17) is 5.73 Å². The molecule has 0 bridgehead atoms. The molecular weight excluding hydrogens is 293 g/mol. The molecule has 0 aliphatic carbocycles. The minimum absolute atomic E-state index is 0.0212. The number of rotatable bonds is 5. The fourth-order valence-corrected chi connectivity index (χ4v) is 3.13. The van der Waals surface area contributed by atoms with Gasteiger partial charge in [-0.15, -0.1) is 0 Å². The highest BCUT2D eigenvalue weighted by atomic mass is 32.2. The Kier molecular flexibility index (Phi) is 4.66. The van der Waals surface area contributed by atoms with Crippen molar-refractivity contribution >= 4 is 10.0 Å². The summed E-state index contributed by atoms with van der Waals surface area (Å²) in [6.07, 6.45) is 1.59. The Morgan fingerprint density at radius 3 is 2.71 bits per heavy atom. The molecule has 2 aromatic rings. The quantitative estimate of drug-likeness (QED) is 0.880. The number of nitrogens with zero attached hydrogens (tertiary/aromatic N) is 1. The monoisotopic (exact) mass is 309 g/mol. The first-order valence-electron chi connectivity index (χ1n) is 6.36. The lowest BCUT2D eigenvalue weighted by atomic mass is 10.2. The van der Waals surface area contributed by atoms with Crippen molar-refractivity contribution in [3.05, 3.63) is 59.7 Å². The second-order valence-electron chi connectivity index (χ2n) is 4.55. The number of hydrogen-bond acceptors (Lipinski definition) is 4. The molecule has 3 N–H and O–H groups in total. The average Bonchev–Trinajstić information content (AvgIpc) is 2.48. The lowest BCUT2D eigenvalue weighted by Crippen LogP contribution is -2.27. The van der Waals surface area contributed by atoms with Crippen molar-refractivity contribution in [3.63, 3.8) is 0 Å². The van der Waals surface area contributed by atoms with Crippen LogP contribution in [0.5, 0.6) is 0 Å². The minimum atomic E-state index is -3.77. The second-order valence-corrected chi connectivity index (χ2v) is 6.27. The van der Waals surface area contributed by atoms with Gasteiger partial charge in [0.2, 0.25) is 10.0 Å². The van der Waals surface area contributed by atoms with Gasteiger partial charge in [0.05, 0.1) is 16.6 Å². The van der Waals surface area contributed by atoms with Gasteiger partial charge in [-0.05, 0) is 37.3 Å². The van der Waals surface area contributed by atoms with Gasteiger partial charge in [0.25, 0.3) is 0 Å². The van der Waals surface area contributed by atoms with Gasteiger partial charge < -0.3 is 5.73 Å². The topological polar surface area (TPSA) is 85.1 Å². The standard InChI is InChI=1S/C14H16FN3O2S/c1-10(14-4-2-3-7-17-14)18-21(19,20)12-5-6-13(15)11(8-12)9-16/h2-8,10,18H,9,16H2,1H3. The average molecular weight is 309 g/mol. The van der Waals surface area contributed by atoms with E-state index in [1.807, 2.05) is 0 Å². The van der Waals surface area contributed by atoms with Gasteiger partial charge >= 0.3 is 0 Å². The van der Waals surface area contributed by atoms with Gasteiger partial charge in [0.1, 0.15) is 5.82 Å². The van der Waals surface area contributed by atoms with Crippen LogP contribution in [0.15, 0.2) is 47.5 Å². The maximum atomic E-state index is 13.4. The number of halogens is 1. The summed E-state index contributed by atoms with van der Waals surface area (Å²) in [6.45, 7) is 1.62. The molecule has 2 rings (SSSR count). The minimum Gasteiger partial charge on any atom is -0.326 e. The molecule has 0 aliphatic rings. The van der Waals surface area contributed by atoms with Crippen LogP contribution in [0, 0.1) is 5.82 Å². The van der Waals surface area contributed by atoms with Crippen LogP contribution >= 0.6 is 0 Å². The fourth-order valence-electron chi connectivity index (χ4n) is 1.87. The zero-order chi connectivity index (χ0) is 15.5. The van der Waals surface area contributed by atoms with Gasteiger partial charge in [0, 0.05) is 18.3 Å². The number of nitrogens with one attached hydrogen (secondary N) is 1. The highest BCUT2D eigenvalue weighted by Gasteiger charge is 2.20. The van der Waals surface area contributed by atoms with Gasteiger partial charge in [0.15, 0.2) is 0 Å². The van der Waals surface area contributed by atoms with E-state index < -0.39 is 21.9 Å². The van der Waals surface area contributed by atoms with Crippen molar-refractivity contribution in [2.75, 3.05) is 0 Å². The largest absolute Gasteiger partial charge is 0.326 e. The molecule has 1 heterocycles. The molecule has 0 saturated carbocycles. The highest BCUT2D eigenvalue weighted by Crippen LogP contribution is 2.18.